The fraction of sp³-hybridized carbons (Fsp3) is 0. The lowest BCUT2D eigenvalue weighted by Gasteiger charge is -2.05. The summed E-state index contributed by atoms with van der Waals surface area (Å²) in [4.78, 5) is 30.8. The topological polar surface area (TPSA) is 98.0 Å². The molecule has 20 heavy (non-hydrogen) atoms. The van der Waals surface area contributed by atoms with Crippen LogP contribution in [0.2, 0.25) is 0 Å². The fourth-order valence-electron chi connectivity index (χ4n) is 1.36. The third-order valence-corrected chi connectivity index (χ3v) is 4.10. The molecule has 0 saturated heterocycles. The Morgan fingerprint density at radius 3 is 2.45 bits per heavy atom. The van der Waals surface area contributed by atoms with Gasteiger partial charge < -0.3 is 11.1 Å². The van der Waals surface area contributed by atoms with Crippen molar-refractivity contribution in [3.63, 3.8) is 0 Å². The van der Waals surface area contributed by atoms with Crippen LogP contribution in [0.3, 0.4) is 0 Å². The van der Waals surface area contributed by atoms with Gasteiger partial charge in [0.1, 0.15) is 10.3 Å². The molecule has 6 nitrogen and oxygen atoms in total. The molecule has 2 heterocycles. The van der Waals surface area contributed by atoms with Gasteiger partial charge in [0.2, 0.25) is 5.91 Å². The first-order valence-electron chi connectivity index (χ1n) is 5.35. The number of anilines is 1. The average molecular weight is 400 g/mol. The first kappa shape index (κ1) is 14.6. The normalized spacial score (nSPS) is 10.1. The van der Waals surface area contributed by atoms with Crippen LogP contribution in [0.15, 0.2) is 39.7 Å². The summed E-state index contributed by atoms with van der Waals surface area (Å²) in [6.07, 6.45) is 2.76. The van der Waals surface area contributed by atoms with Crippen molar-refractivity contribution < 1.29 is 9.59 Å². The van der Waals surface area contributed by atoms with Crippen LogP contribution in [-0.2, 0) is 0 Å². The van der Waals surface area contributed by atoms with Crippen molar-refractivity contribution in [3.8, 4) is 0 Å². The van der Waals surface area contributed by atoms with Gasteiger partial charge in [-0.05, 0) is 50.1 Å². The lowest BCUT2D eigenvalue weighted by atomic mass is 10.2. The number of rotatable bonds is 3. The van der Waals surface area contributed by atoms with E-state index in [-0.39, 0.29) is 11.3 Å². The van der Waals surface area contributed by atoms with Crippen LogP contribution in [0.1, 0.15) is 20.8 Å². The molecule has 0 saturated carbocycles. The van der Waals surface area contributed by atoms with Gasteiger partial charge in [-0.25, -0.2) is 4.98 Å². The minimum Gasteiger partial charge on any atom is -0.366 e. The van der Waals surface area contributed by atoms with Crippen molar-refractivity contribution in [1.29, 1.82) is 0 Å². The lowest BCUT2D eigenvalue weighted by Crippen LogP contribution is -2.16. The zero-order valence-electron chi connectivity index (χ0n) is 9.93. The van der Waals surface area contributed by atoms with Crippen LogP contribution in [0, 0.1) is 0 Å². The van der Waals surface area contributed by atoms with Gasteiger partial charge in [0.05, 0.1) is 21.9 Å². The number of carbonyl (C=O) groups excluding carboxylic acids is 2. The van der Waals surface area contributed by atoms with Crippen LogP contribution >= 0.6 is 31.9 Å². The molecule has 0 unspecified atom stereocenters. The van der Waals surface area contributed by atoms with E-state index in [4.69, 9.17) is 5.73 Å². The monoisotopic (exact) mass is 398 g/mol. The number of nitrogens with zero attached hydrogens (tertiary/aromatic N) is 2. The molecule has 0 atom stereocenters. The molecule has 8 heteroatoms. The second kappa shape index (κ2) is 6.10. The van der Waals surface area contributed by atoms with Gasteiger partial charge in [0.15, 0.2) is 0 Å². The number of amides is 2. The van der Waals surface area contributed by atoms with E-state index < -0.39 is 11.8 Å². The van der Waals surface area contributed by atoms with Crippen molar-refractivity contribution in [1.82, 2.24) is 9.97 Å². The Bertz CT molecular complexity index is 674. The molecular formula is C12H8Br2N4O2. The van der Waals surface area contributed by atoms with Gasteiger partial charge in [-0.3, -0.25) is 14.6 Å². The Kier molecular flexibility index (Phi) is 4.46. The average Bonchev–Trinajstić information content (AvgIpc) is 2.43. The predicted molar refractivity (Wildman–Crippen MR) is 80.3 cm³/mol. The minimum atomic E-state index is -0.592. The highest BCUT2D eigenvalue weighted by Crippen LogP contribution is 2.23. The largest absolute Gasteiger partial charge is 0.366 e. The summed E-state index contributed by atoms with van der Waals surface area (Å²) in [6.45, 7) is 0. The van der Waals surface area contributed by atoms with Crippen molar-refractivity contribution in [3.05, 3.63) is 50.9 Å². The Morgan fingerprint density at radius 1 is 1.15 bits per heavy atom. The Balaban J connectivity index is 2.15. The highest BCUT2D eigenvalue weighted by atomic mass is 79.9. The summed E-state index contributed by atoms with van der Waals surface area (Å²) in [6, 6.07) is 4.57. The molecule has 0 aliphatic carbocycles. The highest BCUT2D eigenvalue weighted by Gasteiger charge is 2.10. The number of pyridine rings is 2. The quantitative estimate of drug-likeness (QED) is 0.774. The number of aromatic nitrogens is 2. The molecule has 2 rings (SSSR count). The third kappa shape index (κ3) is 3.40. The van der Waals surface area contributed by atoms with Crippen LogP contribution in [-0.4, -0.2) is 21.8 Å². The summed E-state index contributed by atoms with van der Waals surface area (Å²) >= 11 is 6.53. The third-order valence-electron chi connectivity index (χ3n) is 2.33. The molecule has 102 valence electrons. The van der Waals surface area contributed by atoms with Crippen molar-refractivity contribution in [2.45, 2.75) is 0 Å². The van der Waals surface area contributed by atoms with E-state index >= 15 is 0 Å². The second-order valence-corrected chi connectivity index (χ2v) is 5.35. The van der Waals surface area contributed by atoms with E-state index in [1.54, 1.807) is 6.07 Å². The maximum absolute atomic E-state index is 11.9. The smallest absolute Gasteiger partial charge is 0.274 e. The maximum Gasteiger partial charge on any atom is 0.274 e. The number of nitrogens with two attached hydrogens (primary N) is 1. The second-order valence-electron chi connectivity index (χ2n) is 3.75. The standard InChI is InChI=1S/C12H8Br2N4O2/c13-8-3-7(5-17-10(8)14)18-12(20)9-2-1-6(4-16-9)11(15)19/h1-5H,(H2,15,19)(H,18,20). The summed E-state index contributed by atoms with van der Waals surface area (Å²) < 4.78 is 1.35. The first-order valence-corrected chi connectivity index (χ1v) is 6.94. The first-order chi connectivity index (χ1) is 9.47. The Morgan fingerprint density at radius 2 is 1.90 bits per heavy atom. The molecule has 3 N–H and O–H groups in total. The Hall–Kier alpha value is -1.80. The van der Waals surface area contributed by atoms with Crippen molar-refractivity contribution in [2.24, 2.45) is 5.73 Å². The molecule has 0 aliphatic rings. The fourth-order valence-corrected chi connectivity index (χ4v) is 1.92. The van der Waals surface area contributed by atoms with Crippen LogP contribution in [0.4, 0.5) is 5.69 Å². The molecule has 2 aromatic rings. The van der Waals surface area contributed by atoms with E-state index in [9.17, 15) is 9.59 Å². The summed E-state index contributed by atoms with van der Waals surface area (Å²) in [5.74, 6) is -0.998. The van der Waals surface area contributed by atoms with E-state index in [0.29, 0.717) is 14.8 Å². The number of primary amides is 1. The maximum atomic E-state index is 11.9. The molecule has 0 fully saturated rings. The summed E-state index contributed by atoms with van der Waals surface area (Å²) in [5.41, 5.74) is 6.04. The Labute approximate surface area is 131 Å². The van der Waals surface area contributed by atoms with Gasteiger partial charge >= 0.3 is 0 Å². The zero-order valence-corrected chi connectivity index (χ0v) is 13.1. The van der Waals surface area contributed by atoms with Gasteiger partial charge in [-0.15, -0.1) is 0 Å². The van der Waals surface area contributed by atoms with Crippen LogP contribution in [0.5, 0.6) is 0 Å². The summed E-state index contributed by atoms with van der Waals surface area (Å²) in [5, 5.41) is 2.64. The summed E-state index contributed by atoms with van der Waals surface area (Å²) in [7, 11) is 0. The van der Waals surface area contributed by atoms with Gasteiger partial charge in [0.25, 0.3) is 5.91 Å². The van der Waals surface area contributed by atoms with Gasteiger partial charge in [-0.1, -0.05) is 0 Å². The number of nitrogens with one attached hydrogen (secondary N) is 1. The highest BCUT2D eigenvalue weighted by molar-refractivity contribution is 9.13. The molecule has 2 aromatic heterocycles. The molecule has 2 amide bonds. The van der Waals surface area contributed by atoms with Crippen molar-refractivity contribution >= 4 is 49.4 Å². The number of hydrogen-bond acceptors (Lipinski definition) is 4. The minimum absolute atomic E-state index is 0.175. The molecule has 0 spiro atoms. The van der Waals surface area contributed by atoms with E-state index in [1.807, 2.05) is 0 Å². The van der Waals surface area contributed by atoms with Crippen molar-refractivity contribution in [2.75, 3.05) is 5.32 Å². The number of carbonyl (C=O) groups is 2. The van der Waals surface area contributed by atoms with Gasteiger partial charge in [-0.2, -0.15) is 0 Å². The molecule has 0 aromatic carbocycles. The van der Waals surface area contributed by atoms with E-state index in [0.717, 1.165) is 0 Å². The predicted octanol–water partition coefficient (Wildman–Crippen LogP) is 2.35. The number of halogens is 2. The zero-order chi connectivity index (χ0) is 14.7. The molecular weight excluding hydrogens is 392 g/mol. The van der Waals surface area contributed by atoms with E-state index in [1.165, 1.54) is 24.5 Å². The number of hydrogen-bond donors (Lipinski definition) is 2. The lowest BCUT2D eigenvalue weighted by molar-refractivity contribution is 0.0993. The van der Waals surface area contributed by atoms with E-state index in [2.05, 4.69) is 47.1 Å². The molecule has 0 radical (unpaired) electrons. The van der Waals surface area contributed by atoms with Crippen LogP contribution in [0.25, 0.3) is 0 Å². The van der Waals surface area contributed by atoms with Crippen LogP contribution < -0.4 is 11.1 Å². The SMILES string of the molecule is NC(=O)c1ccc(C(=O)Nc2cnc(Br)c(Br)c2)nc1. The molecule has 0 aliphatic heterocycles. The van der Waals surface area contributed by atoms with Gasteiger partial charge in [0, 0.05) is 6.20 Å². The molecule has 0 bridgehead atoms.